The van der Waals surface area contributed by atoms with Gasteiger partial charge in [-0.25, -0.2) is 4.98 Å². The van der Waals surface area contributed by atoms with Crippen LogP contribution in [0.3, 0.4) is 0 Å². The molecule has 2 N–H and O–H groups in total. The van der Waals surface area contributed by atoms with Crippen molar-refractivity contribution in [3.05, 3.63) is 29.0 Å². The van der Waals surface area contributed by atoms with Crippen molar-refractivity contribution < 1.29 is 0 Å². The molecule has 0 atom stereocenters. The lowest BCUT2D eigenvalue weighted by molar-refractivity contribution is 0.618. The molecule has 0 bridgehead atoms. The van der Waals surface area contributed by atoms with Crippen LogP contribution >= 0.6 is 12.2 Å². The van der Waals surface area contributed by atoms with Crippen LogP contribution in [0.25, 0.3) is 10.9 Å². The topological polar surface area (TPSA) is 40.7 Å². The summed E-state index contributed by atoms with van der Waals surface area (Å²) in [6, 6.07) is 8.73. The molecule has 0 aliphatic heterocycles. The minimum Gasteiger partial charge on any atom is -0.367 e. The van der Waals surface area contributed by atoms with Crippen molar-refractivity contribution in [3.63, 3.8) is 0 Å². The highest BCUT2D eigenvalue weighted by atomic mass is 32.1. The Morgan fingerprint density at radius 3 is 2.63 bits per heavy atom. The number of benzene rings is 1. The van der Waals surface area contributed by atoms with Crippen molar-refractivity contribution in [1.29, 1.82) is 0 Å². The zero-order valence-corrected chi connectivity index (χ0v) is 11.8. The van der Waals surface area contributed by atoms with Gasteiger partial charge in [-0.1, -0.05) is 37.8 Å². The maximum atomic E-state index is 5.21. The Morgan fingerprint density at radius 1 is 1.11 bits per heavy atom. The number of aromatic amines is 1. The molecule has 1 heterocycles. The zero-order chi connectivity index (χ0) is 13.1. The van der Waals surface area contributed by atoms with Gasteiger partial charge in [0.15, 0.2) is 4.77 Å². The summed E-state index contributed by atoms with van der Waals surface area (Å²) in [6.07, 6.45) is 7.83. The third-order valence-electron chi connectivity index (χ3n) is 3.83. The minimum atomic E-state index is 0.537. The molecule has 3 nitrogen and oxygen atoms in total. The van der Waals surface area contributed by atoms with E-state index >= 15 is 0 Å². The smallest absolute Gasteiger partial charge is 0.199 e. The molecular formula is C15H19N3S. The molecule has 1 saturated carbocycles. The zero-order valence-electron chi connectivity index (χ0n) is 11.0. The monoisotopic (exact) mass is 273 g/mol. The quantitative estimate of drug-likeness (QED) is 0.628. The van der Waals surface area contributed by atoms with Crippen LogP contribution < -0.4 is 5.32 Å². The Balaban J connectivity index is 1.93. The number of para-hydroxylation sites is 1. The lowest BCUT2D eigenvalue weighted by Gasteiger charge is -2.18. The van der Waals surface area contributed by atoms with Crippen molar-refractivity contribution in [3.8, 4) is 0 Å². The Kier molecular flexibility index (Phi) is 3.78. The number of anilines is 1. The highest BCUT2D eigenvalue weighted by molar-refractivity contribution is 7.71. The van der Waals surface area contributed by atoms with Crippen LogP contribution in [0.4, 0.5) is 5.82 Å². The van der Waals surface area contributed by atoms with Crippen molar-refractivity contribution >= 4 is 28.9 Å². The molecule has 1 aliphatic carbocycles. The van der Waals surface area contributed by atoms with E-state index in [0.717, 1.165) is 16.7 Å². The largest absolute Gasteiger partial charge is 0.367 e. The number of rotatable bonds is 2. The Morgan fingerprint density at radius 2 is 1.84 bits per heavy atom. The van der Waals surface area contributed by atoms with E-state index in [1.54, 1.807) is 0 Å². The van der Waals surface area contributed by atoms with Gasteiger partial charge in [-0.05, 0) is 37.2 Å². The molecule has 0 unspecified atom stereocenters. The van der Waals surface area contributed by atoms with E-state index in [-0.39, 0.29) is 0 Å². The normalized spacial score (nSPS) is 17.3. The van der Waals surface area contributed by atoms with Gasteiger partial charge in [-0.3, -0.25) is 0 Å². The minimum absolute atomic E-state index is 0.537. The highest BCUT2D eigenvalue weighted by Crippen LogP contribution is 2.24. The molecule has 4 heteroatoms. The van der Waals surface area contributed by atoms with E-state index in [9.17, 15) is 0 Å². The van der Waals surface area contributed by atoms with Gasteiger partial charge in [0.2, 0.25) is 0 Å². The Labute approximate surface area is 118 Å². The molecule has 1 fully saturated rings. The van der Waals surface area contributed by atoms with Gasteiger partial charge >= 0.3 is 0 Å². The van der Waals surface area contributed by atoms with Crippen molar-refractivity contribution in [2.75, 3.05) is 5.32 Å². The number of H-pyrrole nitrogens is 1. The van der Waals surface area contributed by atoms with E-state index in [0.29, 0.717) is 10.8 Å². The number of fused-ring (bicyclic) bond motifs is 1. The molecule has 2 aromatic rings. The third kappa shape index (κ3) is 2.95. The van der Waals surface area contributed by atoms with Gasteiger partial charge in [-0.15, -0.1) is 0 Å². The number of nitrogens with one attached hydrogen (secondary N) is 2. The third-order valence-corrected chi connectivity index (χ3v) is 4.03. The van der Waals surface area contributed by atoms with Crippen LogP contribution in [0.1, 0.15) is 38.5 Å². The van der Waals surface area contributed by atoms with E-state index in [4.69, 9.17) is 12.2 Å². The van der Waals surface area contributed by atoms with Gasteiger partial charge in [0.1, 0.15) is 5.82 Å². The summed E-state index contributed by atoms with van der Waals surface area (Å²) in [4.78, 5) is 7.62. The molecule has 3 rings (SSSR count). The van der Waals surface area contributed by atoms with Crippen molar-refractivity contribution in [2.45, 2.75) is 44.6 Å². The maximum Gasteiger partial charge on any atom is 0.199 e. The summed E-state index contributed by atoms with van der Waals surface area (Å²) in [6.45, 7) is 0. The summed E-state index contributed by atoms with van der Waals surface area (Å²) >= 11 is 5.21. The SMILES string of the molecule is S=c1nc(NC2CCCCCC2)c2ccccc2[nH]1. The van der Waals surface area contributed by atoms with E-state index < -0.39 is 0 Å². The van der Waals surface area contributed by atoms with Crippen LogP contribution in [0.15, 0.2) is 24.3 Å². The first-order chi connectivity index (χ1) is 9.33. The fourth-order valence-electron chi connectivity index (χ4n) is 2.83. The first-order valence-corrected chi connectivity index (χ1v) is 7.49. The highest BCUT2D eigenvalue weighted by Gasteiger charge is 2.13. The number of hydrogen-bond donors (Lipinski definition) is 2. The Hall–Kier alpha value is -1.42. The van der Waals surface area contributed by atoms with Crippen molar-refractivity contribution in [1.82, 2.24) is 9.97 Å². The molecule has 0 saturated heterocycles. The van der Waals surface area contributed by atoms with Gasteiger partial charge in [0, 0.05) is 11.4 Å². The first-order valence-electron chi connectivity index (χ1n) is 7.08. The lowest BCUT2D eigenvalue weighted by Crippen LogP contribution is -2.19. The molecule has 19 heavy (non-hydrogen) atoms. The standard InChI is InChI=1S/C15H19N3S/c19-15-17-13-10-6-5-9-12(13)14(18-15)16-11-7-3-1-2-4-8-11/h5-6,9-11H,1-4,7-8H2,(H2,16,17,18,19). The van der Waals surface area contributed by atoms with Gasteiger partial charge in [-0.2, -0.15) is 0 Å². The number of nitrogens with zero attached hydrogens (tertiary/aromatic N) is 1. The maximum absolute atomic E-state index is 5.21. The van der Waals surface area contributed by atoms with Gasteiger partial charge in [0.05, 0.1) is 5.52 Å². The first kappa shape index (κ1) is 12.6. The molecule has 1 aromatic heterocycles. The van der Waals surface area contributed by atoms with Crippen LogP contribution in [0, 0.1) is 4.77 Å². The second-order valence-corrected chi connectivity index (χ2v) is 5.66. The van der Waals surface area contributed by atoms with E-state index in [1.807, 2.05) is 18.2 Å². The second kappa shape index (κ2) is 5.70. The predicted octanol–water partition coefficient (Wildman–Crippen LogP) is 4.43. The van der Waals surface area contributed by atoms with Crippen molar-refractivity contribution in [2.24, 2.45) is 0 Å². The molecule has 1 aliphatic rings. The van der Waals surface area contributed by atoms with Crippen LogP contribution in [0.5, 0.6) is 0 Å². The molecule has 1 aromatic carbocycles. The molecule has 0 spiro atoms. The van der Waals surface area contributed by atoms with Gasteiger partial charge in [0.25, 0.3) is 0 Å². The predicted molar refractivity (Wildman–Crippen MR) is 82.0 cm³/mol. The van der Waals surface area contributed by atoms with Gasteiger partial charge < -0.3 is 10.3 Å². The fraction of sp³-hybridized carbons (Fsp3) is 0.467. The average Bonchev–Trinajstić information content (AvgIpc) is 2.67. The molecular weight excluding hydrogens is 254 g/mol. The van der Waals surface area contributed by atoms with Crippen LogP contribution in [-0.2, 0) is 0 Å². The summed E-state index contributed by atoms with van der Waals surface area (Å²) < 4.78 is 0.551. The van der Waals surface area contributed by atoms with Crippen LogP contribution in [-0.4, -0.2) is 16.0 Å². The summed E-state index contributed by atoms with van der Waals surface area (Å²) in [5.74, 6) is 0.936. The second-order valence-electron chi connectivity index (χ2n) is 5.27. The molecule has 0 radical (unpaired) electrons. The molecule has 0 amide bonds. The van der Waals surface area contributed by atoms with E-state index in [2.05, 4.69) is 21.4 Å². The Bertz CT molecular complexity index is 612. The summed E-state index contributed by atoms with van der Waals surface area (Å²) in [5, 5.41) is 4.73. The van der Waals surface area contributed by atoms with E-state index in [1.165, 1.54) is 38.5 Å². The lowest BCUT2D eigenvalue weighted by atomic mass is 10.1. The fourth-order valence-corrected chi connectivity index (χ4v) is 3.03. The summed E-state index contributed by atoms with van der Waals surface area (Å²) in [7, 11) is 0. The van der Waals surface area contributed by atoms with Crippen LogP contribution in [0.2, 0.25) is 0 Å². The average molecular weight is 273 g/mol. The number of hydrogen-bond acceptors (Lipinski definition) is 3. The summed E-state index contributed by atoms with van der Waals surface area (Å²) in [5.41, 5.74) is 1.05. The molecule has 100 valence electrons. The number of aromatic nitrogens is 2.